The van der Waals surface area contributed by atoms with E-state index in [-0.39, 0.29) is 24.4 Å². The molecule has 0 unspecified atom stereocenters. The Kier molecular flexibility index (Phi) is 9.69. The number of Topliss-reactive ketones (excluding diaryl/α,β-unsaturated/α-hetero) is 1. The molecule has 0 aromatic rings. The summed E-state index contributed by atoms with van der Waals surface area (Å²) in [5.74, 6) is -1.70. The molecule has 1 rings (SSSR count). The van der Waals surface area contributed by atoms with Crippen molar-refractivity contribution in [2.75, 3.05) is 27.1 Å². The number of ketones is 1. The van der Waals surface area contributed by atoms with E-state index in [0.717, 1.165) is 6.42 Å². The minimum Gasteiger partial charge on any atom is -0.392 e. The number of ether oxygens (including phenoxy) is 4. The summed E-state index contributed by atoms with van der Waals surface area (Å²) < 4.78 is 22.8. The average Bonchev–Trinajstić information content (AvgIpc) is 3.15. The molecule has 6 atom stereocenters. The number of aliphatic hydroxyl groups is 1. The SMILES string of the molecule is CC[C@H](C)[C@@H](O)[C@@H](C)C(=O)[C@H](C)[C@@H](OCOC)[C@H](C)C1(CC)OCCO1. The molecule has 26 heavy (non-hydrogen) atoms. The summed E-state index contributed by atoms with van der Waals surface area (Å²) in [5.41, 5.74) is 0. The second-order valence-corrected chi connectivity index (χ2v) is 7.54. The van der Waals surface area contributed by atoms with Gasteiger partial charge in [-0.1, -0.05) is 48.0 Å². The molecule has 1 aliphatic rings. The maximum absolute atomic E-state index is 13.1. The largest absolute Gasteiger partial charge is 0.392 e. The van der Waals surface area contributed by atoms with E-state index in [0.29, 0.717) is 19.6 Å². The lowest BCUT2D eigenvalue weighted by Crippen LogP contribution is -2.49. The minimum absolute atomic E-state index is 0.00463. The van der Waals surface area contributed by atoms with Gasteiger partial charge in [0.05, 0.1) is 25.4 Å². The Bertz CT molecular complexity index is 421. The number of carbonyl (C=O) groups is 1. The molecule has 1 aliphatic heterocycles. The summed E-state index contributed by atoms with van der Waals surface area (Å²) in [7, 11) is 1.56. The highest BCUT2D eigenvalue weighted by molar-refractivity contribution is 5.84. The molecule has 0 radical (unpaired) electrons. The zero-order valence-electron chi connectivity index (χ0n) is 17.5. The van der Waals surface area contributed by atoms with Crippen molar-refractivity contribution in [2.24, 2.45) is 23.7 Å². The van der Waals surface area contributed by atoms with Crippen LogP contribution < -0.4 is 0 Å². The number of hydrogen-bond acceptors (Lipinski definition) is 6. The molecule has 0 bridgehead atoms. The van der Waals surface area contributed by atoms with E-state index in [1.807, 2.05) is 34.6 Å². The van der Waals surface area contributed by atoms with Crippen molar-refractivity contribution in [3.05, 3.63) is 0 Å². The van der Waals surface area contributed by atoms with Crippen molar-refractivity contribution >= 4 is 5.78 Å². The van der Waals surface area contributed by atoms with Gasteiger partial charge in [0, 0.05) is 24.9 Å². The van der Waals surface area contributed by atoms with Crippen LogP contribution in [-0.2, 0) is 23.7 Å². The first-order chi connectivity index (χ1) is 12.3. The van der Waals surface area contributed by atoms with Gasteiger partial charge in [-0.25, -0.2) is 0 Å². The third kappa shape index (κ3) is 5.26. The second kappa shape index (κ2) is 10.7. The van der Waals surface area contributed by atoms with E-state index < -0.39 is 29.8 Å². The Hall–Kier alpha value is -0.530. The van der Waals surface area contributed by atoms with Crippen LogP contribution in [0.4, 0.5) is 0 Å². The average molecular weight is 375 g/mol. The molecule has 0 amide bonds. The Morgan fingerprint density at radius 3 is 2.15 bits per heavy atom. The van der Waals surface area contributed by atoms with Crippen LogP contribution in [0.3, 0.4) is 0 Å². The fraction of sp³-hybridized carbons (Fsp3) is 0.950. The van der Waals surface area contributed by atoms with Crippen molar-refractivity contribution in [3.8, 4) is 0 Å². The van der Waals surface area contributed by atoms with Gasteiger partial charge in [-0.2, -0.15) is 0 Å². The van der Waals surface area contributed by atoms with Crippen LogP contribution in [0.15, 0.2) is 0 Å². The van der Waals surface area contributed by atoms with Crippen molar-refractivity contribution < 1.29 is 28.8 Å². The van der Waals surface area contributed by atoms with Gasteiger partial charge in [0.1, 0.15) is 12.6 Å². The molecule has 1 fully saturated rings. The number of methoxy groups -OCH3 is 1. The monoisotopic (exact) mass is 374 g/mol. The summed E-state index contributed by atoms with van der Waals surface area (Å²) in [6.45, 7) is 12.8. The van der Waals surface area contributed by atoms with Gasteiger partial charge < -0.3 is 24.1 Å². The van der Waals surface area contributed by atoms with Gasteiger partial charge in [-0.05, 0) is 12.3 Å². The van der Waals surface area contributed by atoms with Crippen molar-refractivity contribution in [1.29, 1.82) is 0 Å². The van der Waals surface area contributed by atoms with Crippen molar-refractivity contribution in [3.63, 3.8) is 0 Å². The van der Waals surface area contributed by atoms with Crippen LogP contribution in [0.5, 0.6) is 0 Å². The number of rotatable bonds is 12. The number of carbonyl (C=O) groups excluding carboxylic acids is 1. The summed E-state index contributed by atoms with van der Waals surface area (Å²) in [4.78, 5) is 13.1. The molecule has 6 heteroatoms. The van der Waals surface area contributed by atoms with Gasteiger partial charge >= 0.3 is 0 Å². The molecule has 0 saturated carbocycles. The lowest BCUT2D eigenvalue weighted by atomic mass is 9.78. The van der Waals surface area contributed by atoms with Crippen LogP contribution >= 0.6 is 0 Å². The third-order valence-electron chi connectivity index (χ3n) is 5.96. The zero-order valence-corrected chi connectivity index (χ0v) is 17.5. The maximum atomic E-state index is 13.1. The topological polar surface area (TPSA) is 74.2 Å². The van der Waals surface area contributed by atoms with Gasteiger partial charge in [0.15, 0.2) is 5.79 Å². The normalized spacial score (nSPS) is 23.8. The van der Waals surface area contributed by atoms with E-state index in [1.165, 1.54) is 0 Å². The molecule has 1 saturated heterocycles. The highest BCUT2D eigenvalue weighted by Crippen LogP contribution is 2.37. The van der Waals surface area contributed by atoms with E-state index in [2.05, 4.69) is 0 Å². The van der Waals surface area contributed by atoms with Crippen molar-refractivity contribution in [1.82, 2.24) is 0 Å². The highest BCUT2D eigenvalue weighted by Gasteiger charge is 2.47. The van der Waals surface area contributed by atoms with Crippen molar-refractivity contribution in [2.45, 2.75) is 72.4 Å². The van der Waals surface area contributed by atoms with Crippen LogP contribution in [0.1, 0.15) is 54.4 Å². The van der Waals surface area contributed by atoms with Crippen LogP contribution in [-0.4, -0.2) is 56.0 Å². The Morgan fingerprint density at radius 1 is 1.12 bits per heavy atom. The highest BCUT2D eigenvalue weighted by atomic mass is 16.7. The Labute approximate surface area is 158 Å². The van der Waals surface area contributed by atoms with Crippen LogP contribution in [0.2, 0.25) is 0 Å². The molecule has 0 aliphatic carbocycles. The summed E-state index contributed by atoms with van der Waals surface area (Å²) in [6.07, 6.45) is 0.417. The van der Waals surface area contributed by atoms with Gasteiger partial charge in [0.2, 0.25) is 0 Å². The first kappa shape index (κ1) is 23.5. The van der Waals surface area contributed by atoms with Gasteiger partial charge in [0.25, 0.3) is 0 Å². The molecule has 154 valence electrons. The van der Waals surface area contributed by atoms with Crippen LogP contribution in [0.25, 0.3) is 0 Å². The second-order valence-electron chi connectivity index (χ2n) is 7.54. The van der Waals surface area contributed by atoms with E-state index >= 15 is 0 Å². The molecular weight excluding hydrogens is 336 g/mol. The standard InChI is InChI=1S/C20H38O6/c1-8-13(3)17(21)14(4)18(22)15(5)19(24-12-23-7)16(6)20(9-2)25-10-11-26-20/h13-17,19,21H,8-12H2,1-7H3/t13-,14+,15-,16-,17+,19+/m0/s1. The van der Waals surface area contributed by atoms with E-state index in [4.69, 9.17) is 18.9 Å². The summed E-state index contributed by atoms with van der Waals surface area (Å²) in [6, 6.07) is 0. The lowest BCUT2D eigenvalue weighted by molar-refractivity contribution is -0.234. The Morgan fingerprint density at radius 2 is 1.69 bits per heavy atom. The summed E-state index contributed by atoms with van der Waals surface area (Å²) >= 11 is 0. The molecule has 1 N–H and O–H groups in total. The fourth-order valence-electron chi connectivity index (χ4n) is 3.86. The first-order valence-corrected chi connectivity index (χ1v) is 9.85. The molecule has 1 heterocycles. The molecule has 0 aromatic carbocycles. The smallest absolute Gasteiger partial charge is 0.173 e. The van der Waals surface area contributed by atoms with Gasteiger partial charge in [-0.15, -0.1) is 0 Å². The predicted molar refractivity (Wildman–Crippen MR) is 99.6 cm³/mol. The Balaban J connectivity index is 2.97. The quantitative estimate of drug-likeness (QED) is 0.529. The summed E-state index contributed by atoms with van der Waals surface area (Å²) in [5, 5.41) is 10.5. The third-order valence-corrected chi connectivity index (χ3v) is 5.96. The molecule has 0 aromatic heterocycles. The fourth-order valence-corrected chi connectivity index (χ4v) is 3.86. The van der Waals surface area contributed by atoms with Gasteiger partial charge in [-0.3, -0.25) is 4.79 Å². The van der Waals surface area contributed by atoms with Crippen LogP contribution in [0, 0.1) is 23.7 Å². The minimum atomic E-state index is -0.745. The lowest BCUT2D eigenvalue weighted by Gasteiger charge is -2.40. The molecule has 6 nitrogen and oxygen atoms in total. The molecule has 0 spiro atoms. The number of aliphatic hydroxyl groups excluding tert-OH is 1. The molecular formula is C20H38O6. The predicted octanol–water partition coefficient (Wildman–Crippen LogP) is 3.01. The van der Waals surface area contributed by atoms with E-state index in [9.17, 15) is 9.90 Å². The number of hydrogen-bond donors (Lipinski definition) is 1. The van der Waals surface area contributed by atoms with E-state index in [1.54, 1.807) is 14.0 Å². The zero-order chi connectivity index (χ0) is 19.9. The first-order valence-electron chi connectivity index (χ1n) is 9.85. The maximum Gasteiger partial charge on any atom is 0.173 e.